The van der Waals surface area contributed by atoms with E-state index in [0.29, 0.717) is 12.3 Å². The van der Waals surface area contributed by atoms with Crippen LogP contribution in [0.25, 0.3) is 0 Å². The first kappa shape index (κ1) is 12.4. The number of nitrogens with one attached hydrogen (secondary N) is 2. The number of aromatic amines is 1. The van der Waals surface area contributed by atoms with Gasteiger partial charge in [0.05, 0.1) is 7.11 Å². The van der Waals surface area contributed by atoms with Crippen LogP contribution in [0.5, 0.6) is 11.5 Å². The Labute approximate surface area is 106 Å². The SMILES string of the molecule is COc1cc(C(C)NCc2ccn[nH]2)ccc1O. The molecule has 5 heteroatoms. The van der Waals surface area contributed by atoms with E-state index in [1.165, 1.54) is 0 Å². The van der Waals surface area contributed by atoms with Crippen LogP contribution in [-0.2, 0) is 6.54 Å². The third-order valence-electron chi connectivity index (χ3n) is 2.86. The minimum Gasteiger partial charge on any atom is -0.504 e. The molecular weight excluding hydrogens is 230 g/mol. The van der Waals surface area contributed by atoms with Gasteiger partial charge in [-0.1, -0.05) is 6.07 Å². The quantitative estimate of drug-likeness (QED) is 0.755. The number of hydrogen-bond acceptors (Lipinski definition) is 4. The van der Waals surface area contributed by atoms with Crippen LogP contribution in [0.4, 0.5) is 0 Å². The first-order chi connectivity index (χ1) is 8.70. The van der Waals surface area contributed by atoms with Crippen LogP contribution in [0.1, 0.15) is 24.2 Å². The second-order valence-corrected chi connectivity index (χ2v) is 4.12. The van der Waals surface area contributed by atoms with Crippen LogP contribution in [0.15, 0.2) is 30.5 Å². The summed E-state index contributed by atoms with van der Waals surface area (Å²) >= 11 is 0. The monoisotopic (exact) mass is 247 g/mol. The number of nitrogens with zero attached hydrogens (tertiary/aromatic N) is 1. The Bertz CT molecular complexity index is 497. The maximum absolute atomic E-state index is 9.54. The molecule has 1 heterocycles. The molecule has 2 aromatic rings. The van der Waals surface area contributed by atoms with E-state index in [2.05, 4.69) is 22.4 Å². The molecule has 3 N–H and O–H groups in total. The van der Waals surface area contributed by atoms with Gasteiger partial charge in [0, 0.05) is 24.5 Å². The smallest absolute Gasteiger partial charge is 0.160 e. The molecule has 2 rings (SSSR count). The van der Waals surface area contributed by atoms with Crippen LogP contribution in [0, 0.1) is 0 Å². The lowest BCUT2D eigenvalue weighted by Gasteiger charge is -2.15. The van der Waals surface area contributed by atoms with Crippen molar-refractivity contribution in [2.75, 3.05) is 7.11 Å². The van der Waals surface area contributed by atoms with E-state index in [9.17, 15) is 5.11 Å². The minimum absolute atomic E-state index is 0.155. The van der Waals surface area contributed by atoms with Crippen LogP contribution < -0.4 is 10.1 Å². The summed E-state index contributed by atoms with van der Waals surface area (Å²) < 4.78 is 5.09. The first-order valence-electron chi connectivity index (χ1n) is 5.79. The van der Waals surface area contributed by atoms with E-state index in [-0.39, 0.29) is 11.8 Å². The molecule has 0 saturated heterocycles. The molecule has 0 aliphatic carbocycles. The van der Waals surface area contributed by atoms with Crippen molar-refractivity contribution >= 4 is 0 Å². The van der Waals surface area contributed by atoms with Gasteiger partial charge >= 0.3 is 0 Å². The van der Waals surface area contributed by atoms with Crippen molar-refractivity contribution in [1.29, 1.82) is 0 Å². The van der Waals surface area contributed by atoms with E-state index in [0.717, 1.165) is 11.3 Å². The summed E-state index contributed by atoms with van der Waals surface area (Å²) in [7, 11) is 1.54. The predicted molar refractivity (Wildman–Crippen MR) is 68.5 cm³/mol. The van der Waals surface area contributed by atoms with Gasteiger partial charge in [-0.2, -0.15) is 5.10 Å². The van der Waals surface area contributed by atoms with Gasteiger partial charge < -0.3 is 15.2 Å². The Morgan fingerprint density at radius 2 is 2.28 bits per heavy atom. The summed E-state index contributed by atoms with van der Waals surface area (Å²) in [6, 6.07) is 7.44. The van der Waals surface area contributed by atoms with Gasteiger partial charge in [-0.05, 0) is 30.7 Å². The lowest BCUT2D eigenvalue weighted by molar-refractivity contribution is 0.372. The Kier molecular flexibility index (Phi) is 3.84. The molecule has 0 bridgehead atoms. The van der Waals surface area contributed by atoms with Crippen LogP contribution in [0.2, 0.25) is 0 Å². The number of phenolic OH excluding ortho intramolecular Hbond substituents is 1. The van der Waals surface area contributed by atoms with Crippen LogP contribution >= 0.6 is 0 Å². The van der Waals surface area contributed by atoms with Crippen molar-refractivity contribution < 1.29 is 9.84 Å². The normalized spacial score (nSPS) is 12.3. The largest absolute Gasteiger partial charge is 0.504 e. The average Bonchev–Trinajstić information content (AvgIpc) is 2.89. The Morgan fingerprint density at radius 1 is 1.44 bits per heavy atom. The predicted octanol–water partition coefficient (Wildman–Crippen LogP) is 1.97. The zero-order chi connectivity index (χ0) is 13.0. The number of aromatic nitrogens is 2. The van der Waals surface area contributed by atoms with Gasteiger partial charge in [-0.15, -0.1) is 0 Å². The summed E-state index contributed by atoms with van der Waals surface area (Å²) in [6.45, 7) is 2.77. The molecule has 0 aliphatic rings. The Balaban J connectivity index is 2.02. The molecule has 0 radical (unpaired) electrons. The number of H-pyrrole nitrogens is 1. The summed E-state index contributed by atoms with van der Waals surface area (Å²) in [5.74, 6) is 0.643. The molecular formula is C13H17N3O2. The first-order valence-corrected chi connectivity index (χ1v) is 5.79. The van der Waals surface area contributed by atoms with Gasteiger partial charge in [-0.25, -0.2) is 0 Å². The highest BCUT2D eigenvalue weighted by molar-refractivity contribution is 5.42. The number of rotatable bonds is 5. The maximum Gasteiger partial charge on any atom is 0.160 e. The van der Waals surface area contributed by atoms with Crippen molar-refractivity contribution in [1.82, 2.24) is 15.5 Å². The molecule has 18 heavy (non-hydrogen) atoms. The molecule has 5 nitrogen and oxygen atoms in total. The van der Waals surface area contributed by atoms with E-state index in [1.807, 2.05) is 18.2 Å². The number of aromatic hydroxyl groups is 1. The van der Waals surface area contributed by atoms with Crippen LogP contribution in [-0.4, -0.2) is 22.4 Å². The molecule has 1 aromatic heterocycles. The van der Waals surface area contributed by atoms with Gasteiger partial charge in [0.25, 0.3) is 0 Å². The van der Waals surface area contributed by atoms with Gasteiger partial charge in [0.15, 0.2) is 11.5 Å². The fourth-order valence-electron chi connectivity index (χ4n) is 1.73. The van der Waals surface area contributed by atoms with Crippen molar-refractivity contribution in [3.8, 4) is 11.5 Å². The maximum atomic E-state index is 9.54. The molecule has 0 saturated carbocycles. The van der Waals surface area contributed by atoms with Crippen molar-refractivity contribution in [2.45, 2.75) is 19.5 Å². The number of methoxy groups -OCH3 is 1. The minimum atomic E-state index is 0.155. The van der Waals surface area contributed by atoms with Gasteiger partial charge in [-0.3, -0.25) is 5.10 Å². The molecule has 96 valence electrons. The molecule has 0 spiro atoms. The number of benzene rings is 1. The fraction of sp³-hybridized carbons (Fsp3) is 0.308. The molecule has 0 fully saturated rings. The highest BCUT2D eigenvalue weighted by Gasteiger charge is 2.09. The van der Waals surface area contributed by atoms with E-state index in [4.69, 9.17) is 4.74 Å². The van der Waals surface area contributed by atoms with E-state index in [1.54, 1.807) is 19.4 Å². The molecule has 0 aliphatic heterocycles. The highest BCUT2D eigenvalue weighted by atomic mass is 16.5. The topological polar surface area (TPSA) is 70.2 Å². The van der Waals surface area contributed by atoms with Crippen LogP contribution in [0.3, 0.4) is 0 Å². The van der Waals surface area contributed by atoms with Crippen molar-refractivity contribution in [3.63, 3.8) is 0 Å². The second kappa shape index (κ2) is 5.55. The second-order valence-electron chi connectivity index (χ2n) is 4.12. The van der Waals surface area contributed by atoms with Crippen molar-refractivity contribution in [2.24, 2.45) is 0 Å². The Morgan fingerprint density at radius 3 is 2.94 bits per heavy atom. The standard InChI is InChI=1S/C13H17N3O2/c1-9(14-8-11-5-6-15-16-11)10-3-4-12(17)13(7-10)18-2/h3-7,9,14,17H,8H2,1-2H3,(H,15,16). The number of ether oxygens (including phenoxy) is 1. The lowest BCUT2D eigenvalue weighted by atomic mass is 10.1. The Hall–Kier alpha value is -2.01. The molecule has 1 aromatic carbocycles. The highest BCUT2D eigenvalue weighted by Crippen LogP contribution is 2.28. The van der Waals surface area contributed by atoms with Crippen molar-refractivity contribution in [3.05, 3.63) is 41.7 Å². The molecule has 1 atom stereocenters. The molecule has 1 unspecified atom stereocenters. The summed E-state index contributed by atoms with van der Waals surface area (Å²) in [6.07, 6.45) is 1.73. The zero-order valence-electron chi connectivity index (χ0n) is 10.5. The number of phenols is 1. The third kappa shape index (κ3) is 2.81. The van der Waals surface area contributed by atoms with Gasteiger partial charge in [0.2, 0.25) is 0 Å². The van der Waals surface area contributed by atoms with E-state index < -0.39 is 0 Å². The fourth-order valence-corrected chi connectivity index (χ4v) is 1.73. The van der Waals surface area contributed by atoms with Gasteiger partial charge in [0.1, 0.15) is 0 Å². The lowest BCUT2D eigenvalue weighted by Crippen LogP contribution is -2.18. The number of hydrogen-bond donors (Lipinski definition) is 3. The third-order valence-corrected chi connectivity index (χ3v) is 2.86. The summed E-state index contributed by atoms with van der Waals surface area (Å²) in [5, 5.41) is 19.7. The summed E-state index contributed by atoms with van der Waals surface area (Å²) in [4.78, 5) is 0. The summed E-state index contributed by atoms with van der Waals surface area (Å²) in [5.41, 5.74) is 2.09. The van der Waals surface area contributed by atoms with E-state index >= 15 is 0 Å². The molecule has 0 amide bonds. The average molecular weight is 247 g/mol. The zero-order valence-corrected chi connectivity index (χ0v) is 10.5.